The fraction of sp³-hybridized carbons (Fsp3) is 0.154. The predicted molar refractivity (Wildman–Crippen MR) is 70.3 cm³/mol. The molecule has 0 fully saturated rings. The second-order valence-corrected chi connectivity index (χ2v) is 4.74. The molecule has 0 N–H and O–H groups in total. The minimum Gasteiger partial charge on any atom is -0.298 e. The molecule has 22 heavy (non-hydrogen) atoms. The summed E-state index contributed by atoms with van der Waals surface area (Å²) in [4.78, 5) is 22.6. The molecule has 4 nitrogen and oxygen atoms in total. The van der Waals surface area contributed by atoms with E-state index in [4.69, 9.17) is 11.6 Å². The van der Waals surface area contributed by atoms with Crippen LogP contribution in [0, 0.1) is 5.82 Å². The van der Waals surface area contributed by atoms with Crippen molar-refractivity contribution in [2.45, 2.75) is 6.18 Å². The van der Waals surface area contributed by atoms with Crippen molar-refractivity contribution in [3.8, 4) is 11.3 Å². The molecule has 1 aromatic carbocycles. The average Bonchev–Trinajstić information content (AvgIpc) is 2.40. The summed E-state index contributed by atoms with van der Waals surface area (Å²) in [6.07, 6.45) is -4.44. The molecule has 0 unspecified atom stereocenters. The number of carbonyl (C=O) groups is 1. The maximum atomic E-state index is 13.9. The summed E-state index contributed by atoms with van der Waals surface area (Å²) in [7, 11) is 0.972. The van der Waals surface area contributed by atoms with Crippen LogP contribution in [0.5, 0.6) is 0 Å². The van der Waals surface area contributed by atoms with E-state index < -0.39 is 34.4 Å². The first-order valence-electron chi connectivity index (χ1n) is 5.75. The number of aromatic nitrogens is 2. The van der Waals surface area contributed by atoms with Crippen LogP contribution in [0.15, 0.2) is 23.0 Å². The third-order valence-electron chi connectivity index (χ3n) is 2.86. The Balaban J connectivity index is 2.72. The zero-order chi connectivity index (χ0) is 16.7. The van der Waals surface area contributed by atoms with E-state index in [-0.39, 0.29) is 10.6 Å². The van der Waals surface area contributed by atoms with E-state index in [9.17, 15) is 27.2 Å². The zero-order valence-electron chi connectivity index (χ0n) is 10.9. The number of aryl methyl sites for hydroxylation is 1. The van der Waals surface area contributed by atoms with E-state index >= 15 is 0 Å². The van der Waals surface area contributed by atoms with E-state index in [0.717, 1.165) is 19.2 Å². The van der Waals surface area contributed by atoms with Crippen LogP contribution in [0.2, 0.25) is 5.02 Å². The van der Waals surface area contributed by atoms with Gasteiger partial charge >= 0.3 is 6.18 Å². The van der Waals surface area contributed by atoms with Crippen LogP contribution in [0.25, 0.3) is 11.3 Å². The number of nitrogens with zero attached hydrogens (tertiary/aromatic N) is 2. The lowest BCUT2D eigenvalue weighted by atomic mass is 10.1. The van der Waals surface area contributed by atoms with Gasteiger partial charge in [-0.1, -0.05) is 11.6 Å². The molecule has 0 aliphatic heterocycles. The number of halogens is 5. The van der Waals surface area contributed by atoms with Crippen LogP contribution < -0.4 is 5.43 Å². The van der Waals surface area contributed by atoms with Crippen LogP contribution in [0.1, 0.15) is 16.1 Å². The van der Waals surface area contributed by atoms with Gasteiger partial charge in [0.2, 0.25) is 5.43 Å². The Morgan fingerprint density at radius 3 is 2.45 bits per heavy atom. The lowest BCUT2D eigenvalue weighted by Crippen LogP contribution is -2.22. The molecule has 0 aliphatic carbocycles. The van der Waals surface area contributed by atoms with Crippen molar-refractivity contribution >= 4 is 17.9 Å². The summed E-state index contributed by atoms with van der Waals surface area (Å²) in [5.74, 6) is -0.972. The number of aldehydes is 1. The standard InChI is InChI=1S/C13H7ClF4N2O2/c1-20-11(13(16,17)18)4-10(22)12(19-20)7-2-6(5-21)8(14)3-9(7)15/h2-5H,1H3. The van der Waals surface area contributed by atoms with Gasteiger partial charge in [-0.15, -0.1) is 0 Å². The predicted octanol–water partition coefficient (Wildman–Crippen LogP) is 3.07. The fourth-order valence-electron chi connectivity index (χ4n) is 1.83. The van der Waals surface area contributed by atoms with E-state index in [1.165, 1.54) is 0 Å². The molecule has 0 amide bonds. The van der Waals surface area contributed by atoms with Crippen molar-refractivity contribution < 1.29 is 22.4 Å². The SMILES string of the molecule is Cn1nc(-c2cc(C=O)c(Cl)cc2F)c(=O)cc1C(F)(F)F. The summed E-state index contributed by atoms with van der Waals surface area (Å²) >= 11 is 5.62. The third kappa shape index (κ3) is 2.87. The lowest BCUT2D eigenvalue weighted by molar-refractivity contribution is -0.144. The second-order valence-electron chi connectivity index (χ2n) is 4.34. The number of hydrogen-bond acceptors (Lipinski definition) is 3. The molecule has 116 valence electrons. The molecule has 1 heterocycles. The van der Waals surface area contributed by atoms with Crippen LogP contribution in [-0.4, -0.2) is 16.1 Å². The summed E-state index contributed by atoms with van der Waals surface area (Å²) in [6.45, 7) is 0. The Labute approximate surface area is 125 Å². The molecule has 9 heteroatoms. The molecule has 0 radical (unpaired) electrons. The lowest BCUT2D eigenvalue weighted by Gasteiger charge is -2.12. The van der Waals surface area contributed by atoms with Crippen LogP contribution in [0.3, 0.4) is 0 Å². The van der Waals surface area contributed by atoms with Gasteiger partial charge in [-0.05, 0) is 12.1 Å². The number of rotatable bonds is 2. The summed E-state index contributed by atoms with van der Waals surface area (Å²) in [5.41, 5.74) is -3.45. The van der Waals surface area contributed by atoms with Crippen molar-refractivity contribution in [2.75, 3.05) is 0 Å². The maximum Gasteiger partial charge on any atom is 0.433 e. The van der Waals surface area contributed by atoms with Gasteiger partial charge in [-0.2, -0.15) is 18.3 Å². The monoisotopic (exact) mass is 334 g/mol. The van der Waals surface area contributed by atoms with Crippen LogP contribution >= 0.6 is 11.6 Å². The summed E-state index contributed by atoms with van der Waals surface area (Å²) < 4.78 is 52.3. The van der Waals surface area contributed by atoms with E-state index in [1.807, 2.05) is 0 Å². The highest BCUT2D eigenvalue weighted by molar-refractivity contribution is 6.33. The smallest absolute Gasteiger partial charge is 0.298 e. The van der Waals surface area contributed by atoms with Crippen molar-refractivity contribution in [3.05, 3.63) is 50.5 Å². The largest absolute Gasteiger partial charge is 0.433 e. The van der Waals surface area contributed by atoms with Crippen molar-refractivity contribution in [1.29, 1.82) is 0 Å². The first kappa shape index (κ1) is 16.2. The number of carbonyl (C=O) groups excluding carboxylic acids is 1. The minimum atomic E-state index is -4.77. The first-order chi connectivity index (χ1) is 10.1. The fourth-order valence-corrected chi connectivity index (χ4v) is 2.02. The highest BCUT2D eigenvalue weighted by atomic mass is 35.5. The van der Waals surface area contributed by atoms with Gasteiger partial charge in [-0.25, -0.2) is 4.39 Å². The van der Waals surface area contributed by atoms with Crippen molar-refractivity contribution in [3.63, 3.8) is 0 Å². The summed E-state index contributed by atoms with van der Waals surface area (Å²) in [5, 5.41) is 3.28. The van der Waals surface area contributed by atoms with Gasteiger partial charge in [0.15, 0.2) is 6.29 Å². The Hall–Kier alpha value is -2.22. The second kappa shape index (κ2) is 5.53. The van der Waals surface area contributed by atoms with E-state index in [1.54, 1.807) is 0 Å². The molecule has 2 aromatic rings. The molecule has 0 bridgehead atoms. The average molecular weight is 335 g/mol. The van der Waals surface area contributed by atoms with Gasteiger partial charge in [0.05, 0.1) is 5.02 Å². The number of hydrogen-bond donors (Lipinski definition) is 0. The minimum absolute atomic E-state index is 0.109. The quantitative estimate of drug-likeness (QED) is 0.626. The van der Waals surface area contributed by atoms with Crippen molar-refractivity contribution in [1.82, 2.24) is 9.78 Å². The molecule has 0 spiro atoms. The molecule has 0 atom stereocenters. The molecule has 0 saturated carbocycles. The normalized spacial score (nSPS) is 11.5. The molecule has 0 aliphatic rings. The van der Waals surface area contributed by atoms with Crippen LogP contribution in [-0.2, 0) is 13.2 Å². The Kier molecular flexibility index (Phi) is 4.06. The molecule has 1 aromatic heterocycles. The third-order valence-corrected chi connectivity index (χ3v) is 3.19. The topological polar surface area (TPSA) is 52.0 Å². The zero-order valence-corrected chi connectivity index (χ0v) is 11.7. The highest BCUT2D eigenvalue weighted by Crippen LogP contribution is 2.29. The summed E-state index contributed by atoms with van der Waals surface area (Å²) in [6, 6.07) is 2.07. The van der Waals surface area contributed by atoms with Gasteiger partial charge < -0.3 is 0 Å². The Morgan fingerprint density at radius 2 is 1.91 bits per heavy atom. The number of benzene rings is 1. The van der Waals surface area contributed by atoms with E-state index in [2.05, 4.69) is 5.10 Å². The van der Waals surface area contributed by atoms with Gasteiger partial charge in [0.25, 0.3) is 0 Å². The van der Waals surface area contributed by atoms with Gasteiger partial charge in [0.1, 0.15) is 17.2 Å². The van der Waals surface area contributed by atoms with E-state index in [0.29, 0.717) is 17.0 Å². The molecular weight excluding hydrogens is 328 g/mol. The molecule has 0 saturated heterocycles. The first-order valence-corrected chi connectivity index (χ1v) is 6.13. The highest BCUT2D eigenvalue weighted by Gasteiger charge is 2.34. The molecular formula is C13H7ClF4N2O2. The Morgan fingerprint density at radius 1 is 1.27 bits per heavy atom. The van der Waals surface area contributed by atoms with Crippen LogP contribution in [0.4, 0.5) is 17.6 Å². The number of alkyl halides is 3. The van der Waals surface area contributed by atoms with Gasteiger partial charge in [0, 0.05) is 24.2 Å². The maximum absolute atomic E-state index is 13.9. The van der Waals surface area contributed by atoms with Gasteiger partial charge in [-0.3, -0.25) is 14.3 Å². The Bertz CT molecular complexity index is 815. The molecule has 2 rings (SSSR count). The van der Waals surface area contributed by atoms with Crippen molar-refractivity contribution in [2.24, 2.45) is 7.05 Å².